The molecule has 2 heterocycles. The molecule has 0 aromatic carbocycles. The van der Waals surface area contributed by atoms with E-state index in [1.54, 1.807) is 6.20 Å². The molecule has 0 aliphatic rings. The van der Waals surface area contributed by atoms with Gasteiger partial charge in [-0.15, -0.1) is 0 Å². The average Bonchev–Trinajstić information content (AvgIpc) is 2.30. The number of rotatable bonds is 3. The van der Waals surface area contributed by atoms with Crippen LogP contribution in [0.1, 0.15) is 5.56 Å². The maximum Gasteiger partial charge on any atom is 0.0410 e. The number of hydrogen-bond acceptors (Lipinski definition) is 3. The second-order valence-electron chi connectivity index (χ2n) is 3.50. The second kappa shape index (κ2) is 5.18. The van der Waals surface area contributed by atoms with Crippen LogP contribution < -0.4 is 5.32 Å². The first-order chi connectivity index (χ1) is 7.79. The summed E-state index contributed by atoms with van der Waals surface area (Å²) in [4.78, 5) is 8.37. The van der Waals surface area contributed by atoms with Gasteiger partial charge in [0.15, 0.2) is 0 Å². The first-order valence-corrected chi connectivity index (χ1v) is 5.78. The summed E-state index contributed by atoms with van der Waals surface area (Å²) in [6.07, 6.45) is 7.33. The van der Waals surface area contributed by atoms with Crippen molar-refractivity contribution >= 4 is 15.9 Å². The molecule has 0 aliphatic heterocycles. The second-order valence-corrected chi connectivity index (χ2v) is 4.42. The standard InChI is InChI=1S/C12H12BrN3/c1-14-4-9-2-10(6-15-5-9)11-3-12(13)8-16-7-11/h2-3,5-8,14H,4H2,1H3. The summed E-state index contributed by atoms with van der Waals surface area (Å²) in [5.41, 5.74) is 3.32. The number of hydrogen-bond donors (Lipinski definition) is 1. The van der Waals surface area contributed by atoms with E-state index in [4.69, 9.17) is 0 Å². The summed E-state index contributed by atoms with van der Waals surface area (Å²) in [6.45, 7) is 0.822. The molecule has 0 fully saturated rings. The first kappa shape index (κ1) is 11.2. The molecule has 2 aromatic rings. The fraction of sp³-hybridized carbons (Fsp3) is 0.167. The highest BCUT2D eigenvalue weighted by atomic mass is 79.9. The van der Waals surface area contributed by atoms with Gasteiger partial charge in [-0.25, -0.2) is 0 Å². The molecule has 0 saturated heterocycles. The Morgan fingerprint density at radius 1 is 1.06 bits per heavy atom. The SMILES string of the molecule is CNCc1cncc(-c2cncc(Br)c2)c1. The van der Waals surface area contributed by atoms with Gasteiger partial charge in [-0.2, -0.15) is 0 Å². The lowest BCUT2D eigenvalue weighted by atomic mass is 10.1. The molecular weight excluding hydrogens is 266 g/mol. The quantitative estimate of drug-likeness (QED) is 0.937. The van der Waals surface area contributed by atoms with Crippen molar-refractivity contribution in [3.8, 4) is 11.1 Å². The summed E-state index contributed by atoms with van der Waals surface area (Å²) in [7, 11) is 1.92. The summed E-state index contributed by atoms with van der Waals surface area (Å²) in [6, 6.07) is 4.15. The van der Waals surface area contributed by atoms with Gasteiger partial charge in [-0.3, -0.25) is 9.97 Å². The molecule has 2 aromatic heterocycles. The van der Waals surface area contributed by atoms with E-state index in [1.807, 2.05) is 31.7 Å². The van der Waals surface area contributed by atoms with E-state index in [2.05, 4.69) is 37.3 Å². The Kier molecular flexibility index (Phi) is 3.64. The Labute approximate surface area is 103 Å². The fourth-order valence-corrected chi connectivity index (χ4v) is 1.88. The van der Waals surface area contributed by atoms with Crippen LogP contribution in [0.2, 0.25) is 0 Å². The van der Waals surface area contributed by atoms with E-state index in [1.165, 1.54) is 5.56 Å². The van der Waals surface area contributed by atoms with Crippen molar-refractivity contribution in [3.05, 3.63) is 47.0 Å². The Balaban J connectivity index is 2.36. The van der Waals surface area contributed by atoms with Crippen LogP contribution in [0.15, 0.2) is 41.4 Å². The molecule has 0 unspecified atom stereocenters. The third-order valence-electron chi connectivity index (χ3n) is 2.21. The van der Waals surface area contributed by atoms with E-state index in [0.29, 0.717) is 0 Å². The van der Waals surface area contributed by atoms with Crippen LogP contribution in [0.4, 0.5) is 0 Å². The van der Waals surface area contributed by atoms with Gasteiger partial charge in [-0.05, 0) is 40.7 Å². The van der Waals surface area contributed by atoms with Gasteiger partial charge < -0.3 is 5.32 Å². The molecule has 82 valence electrons. The third-order valence-corrected chi connectivity index (χ3v) is 2.65. The Morgan fingerprint density at radius 2 is 1.75 bits per heavy atom. The topological polar surface area (TPSA) is 37.8 Å². The molecule has 1 N–H and O–H groups in total. The zero-order chi connectivity index (χ0) is 11.4. The predicted octanol–water partition coefficient (Wildman–Crippen LogP) is 2.63. The monoisotopic (exact) mass is 277 g/mol. The molecular formula is C12H12BrN3. The van der Waals surface area contributed by atoms with Crippen LogP contribution in [-0.2, 0) is 6.54 Å². The Bertz CT molecular complexity index is 485. The van der Waals surface area contributed by atoms with E-state index in [9.17, 15) is 0 Å². The van der Waals surface area contributed by atoms with E-state index >= 15 is 0 Å². The lowest BCUT2D eigenvalue weighted by Crippen LogP contribution is -2.05. The molecule has 0 saturated carbocycles. The zero-order valence-corrected chi connectivity index (χ0v) is 10.5. The van der Waals surface area contributed by atoms with E-state index in [-0.39, 0.29) is 0 Å². The van der Waals surface area contributed by atoms with Crippen LogP contribution in [0.3, 0.4) is 0 Å². The predicted molar refractivity (Wildman–Crippen MR) is 67.9 cm³/mol. The van der Waals surface area contributed by atoms with Gasteiger partial charge in [0.25, 0.3) is 0 Å². The van der Waals surface area contributed by atoms with Crippen molar-refractivity contribution < 1.29 is 0 Å². The highest BCUT2D eigenvalue weighted by molar-refractivity contribution is 9.10. The summed E-state index contributed by atoms with van der Waals surface area (Å²) < 4.78 is 0.976. The number of pyridine rings is 2. The zero-order valence-electron chi connectivity index (χ0n) is 8.94. The molecule has 0 bridgehead atoms. The summed E-state index contributed by atoms with van der Waals surface area (Å²) >= 11 is 3.41. The molecule has 0 aliphatic carbocycles. The largest absolute Gasteiger partial charge is 0.316 e. The minimum atomic E-state index is 0.822. The van der Waals surface area contributed by atoms with E-state index < -0.39 is 0 Å². The minimum absolute atomic E-state index is 0.822. The van der Waals surface area contributed by atoms with Gasteiger partial charge >= 0.3 is 0 Å². The van der Waals surface area contributed by atoms with Crippen LogP contribution in [0.5, 0.6) is 0 Å². The lowest BCUT2D eigenvalue weighted by molar-refractivity contribution is 0.813. The smallest absolute Gasteiger partial charge is 0.0410 e. The van der Waals surface area contributed by atoms with Gasteiger partial charge in [0.05, 0.1) is 0 Å². The van der Waals surface area contributed by atoms with Crippen molar-refractivity contribution in [1.29, 1.82) is 0 Å². The van der Waals surface area contributed by atoms with E-state index in [0.717, 1.165) is 22.1 Å². The van der Waals surface area contributed by atoms with Crippen molar-refractivity contribution in [2.24, 2.45) is 0 Å². The Morgan fingerprint density at radius 3 is 2.44 bits per heavy atom. The first-order valence-electron chi connectivity index (χ1n) is 4.99. The number of nitrogens with one attached hydrogen (secondary N) is 1. The maximum absolute atomic E-state index is 4.23. The van der Waals surface area contributed by atoms with Gasteiger partial charge in [0.1, 0.15) is 0 Å². The van der Waals surface area contributed by atoms with Crippen molar-refractivity contribution in [1.82, 2.24) is 15.3 Å². The highest BCUT2D eigenvalue weighted by Gasteiger charge is 2.01. The number of nitrogens with zero attached hydrogens (tertiary/aromatic N) is 2. The molecule has 0 amide bonds. The van der Waals surface area contributed by atoms with Gasteiger partial charge in [0.2, 0.25) is 0 Å². The molecule has 0 radical (unpaired) electrons. The molecule has 4 heteroatoms. The molecule has 3 nitrogen and oxygen atoms in total. The highest BCUT2D eigenvalue weighted by Crippen LogP contribution is 2.21. The lowest BCUT2D eigenvalue weighted by Gasteiger charge is -2.04. The van der Waals surface area contributed by atoms with Crippen LogP contribution in [-0.4, -0.2) is 17.0 Å². The van der Waals surface area contributed by atoms with Crippen LogP contribution in [0.25, 0.3) is 11.1 Å². The number of aromatic nitrogens is 2. The normalized spacial score (nSPS) is 10.4. The molecule has 2 rings (SSSR count). The Hall–Kier alpha value is -1.26. The van der Waals surface area contributed by atoms with Crippen molar-refractivity contribution in [2.75, 3.05) is 7.05 Å². The number of halogens is 1. The summed E-state index contributed by atoms with van der Waals surface area (Å²) in [5.74, 6) is 0. The van der Waals surface area contributed by atoms with Gasteiger partial charge in [0, 0.05) is 46.9 Å². The summed E-state index contributed by atoms with van der Waals surface area (Å²) in [5, 5.41) is 3.11. The molecule has 0 spiro atoms. The van der Waals surface area contributed by atoms with Crippen LogP contribution >= 0.6 is 15.9 Å². The maximum atomic E-state index is 4.23. The average molecular weight is 278 g/mol. The van der Waals surface area contributed by atoms with Gasteiger partial charge in [-0.1, -0.05) is 0 Å². The van der Waals surface area contributed by atoms with Crippen LogP contribution in [0, 0.1) is 0 Å². The van der Waals surface area contributed by atoms with Crippen molar-refractivity contribution in [3.63, 3.8) is 0 Å². The fourth-order valence-electron chi connectivity index (χ4n) is 1.52. The van der Waals surface area contributed by atoms with Crippen molar-refractivity contribution in [2.45, 2.75) is 6.54 Å². The molecule has 0 atom stereocenters. The molecule has 16 heavy (non-hydrogen) atoms. The minimum Gasteiger partial charge on any atom is -0.316 e. The third kappa shape index (κ3) is 2.65.